The monoisotopic (exact) mass is 375 g/mol. The Hall–Kier alpha value is -1.60. The maximum atomic E-state index is 12.8. The maximum Gasteiger partial charge on any atom is 0.433 e. The summed E-state index contributed by atoms with van der Waals surface area (Å²) >= 11 is 9.17. The third kappa shape index (κ3) is 2.63. The second kappa shape index (κ2) is 4.99. The van der Waals surface area contributed by atoms with Crippen LogP contribution in [0.25, 0.3) is 16.8 Å². The Kier molecular flexibility index (Phi) is 3.41. The van der Waals surface area contributed by atoms with Crippen LogP contribution in [0.15, 0.2) is 41.0 Å². The molecule has 108 valence electrons. The third-order valence-electron chi connectivity index (χ3n) is 2.85. The quantitative estimate of drug-likeness (QED) is 0.569. The number of rotatable bonds is 1. The van der Waals surface area contributed by atoms with Crippen molar-refractivity contribution >= 4 is 33.2 Å². The fourth-order valence-electron chi connectivity index (χ4n) is 1.93. The lowest BCUT2D eigenvalue weighted by Gasteiger charge is -2.08. The van der Waals surface area contributed by atoms with Crippen LogP contribution in [-0.2, 0) is 6.18 Å². The van der Waals surface area contributed by atoms with Crippen molar-refractivity contribution in [2.45, 2.75) is 6.18 Å². The average molecular weight is 377 g/mol. The highest BCUT2D eigenvalue weighted by Crippen LogP contribution is 2.33. The Morgan fingerprint density at radius 3 is 2.62 bits per heavy atom. The molecule has 3 nitrogen and oxygen atoms in total. The summed E-state index contributed by atoms with van der Waals surface area (Å²) in [4.78, 5) is 3.65. The first kappa shape index (κ1) is 14.3. The first-order valence-corrected chi connectivity index (χ1v) is 6.91. The van der Waals surface area contributed by atoms with Crippen LogP contribution in [-0.4, -0.2) is 14.6 Å². The van der Waals surface area contributed by atoms with Crippen molar-refractivity contribution in [3.8, 4) is 11.1 Å². The van der Waals surface area contributed by atoms with Gasteiger partial charge in [0.15, 0.2) is 5.65 Å². The molecule has 8 heteroatoms. The molecule has 2 heterocycles. The molecule has 0 spiro atoms. The molecule has 0 fully saturated rings. The summed E-state index contributed by atoms with van der Waals surface area (Å²) in [6.45, 7) is 0. The number of aromatic nitrogens is 3. The SMILES string of the molecule is FC(F)(F)c1cc(Cl)n2ncc(-c3cccc(Br)c3)c2n1. The lowest BCUT2D eigenvalue weighted by Crippen LogP contribution is -2.10. The smallest absolute Gasteiger partial charge is 0.223 e. The normalized spacial score (nSPS) is 12.0. The van der Waals surface area contributed by atoms with E-state index in [0.717, 1.165) is 10.5 Å². The molecule has 0 aliphatic rings. The van der Waals surface area contributed by atoms with Crippen molar-refractivity contribution in [2.24, 2.45) is 0 Å². The van der Waals surface area contributed by atoms with E-state index in [4.69, 9.17) is 11.6 Å². The van der Waals surface area contributed by atoms with Crippen LogP contribution in [0.4, 0.5) is 13.2 Å². The molecular formula is C13H6BrClF3N3. The maximum absolute atomic E-state index is 12.8. The number of hydrogen-bond donors (Lipinski definition) is 0. The summed E-state index contributed by atoms with van der Waals surface area (Å²) in [5.74, 6) is 0. The van der Waals surface area contributed by atoms with Crippen molar-refractivity contribution in [3.05, 3.63) is 51.8 Å². The van der Waals surface area contributed by atoms with Gasteiger partial charge < -0.3 is 0 Å². The summed E-state index contributed by atoms with van der Waals surface area (Å²) < 4.78 is 40.5. The number of benzene rings is 1. The van der Waals surface area contributed by atoms with Gasteiger partial charge in [-0.1, -0.05) is 39.7 Å². The van der Waals surface area contributed by atoms with Crippen molar-refractivity contribution in [1.82, 2.24) is 14.6 Å². The molecule has 2 aromatic heterocycles. The molecule has 0 radical (unpaired) electrons. The van der Waals surface area contributed by atoms with E-state index in [1.165, 1.54) is 10.7 Å². The van der Waals surface area contributed by atoms with E-state index in [1.807, 2.05) is 6.07 Å². The Balaban J connectivity index is 2.28. The van der Waals surface area contributed by atoms with E-state index >= 15 is 0 Å². The van der Waals surface area contributed by atoms with Crippen LogP contribution in [0.5, 0.6) is 0 Å². The zero-order chi connectivity index (χ0) is 15.2. The molecule has 0 N–H and O–H groups in total. The number of hydrogen-bond acceptors (Lipinski definition) is 2. The largest absolute Gasteiger partial charge is 0.433 e. The second-order valence-corrected chi connectivity index (χ2v) is 5.57. The number of nitrogens with zero attached hydrogens (tertiary/aromatic N) is 3. The molecule has 0 saturated carbocycles. The minimum Gasteiger partial charge on any atom is -0.223 e. The van der Waals surface area contributed by atoms with Gasteiger partial charge in [0.1, 0.15) is 10.8 Å². The molecule has 0 aliphatic carbocycles. The molecule has 0 amide bonds. The van der Waals surface area contributed by atoms with Gasteiger partial charge in [0.2, 0.25) is 0 Å². The van der Waals surface area contributed by atoms with Crippen LogP contribution in [0.3, 0.4) is 0 Å². The fourth-order valence-corrected chi connectivity index (χ4v) is 2.56. The highest BCUT2D eigenvalue weighted by Gasteiger charge is 2.34. The first-order chi connectivity index (χ1) is 9.86. The van der Waals surface area contributed by atoms with Crippen molar-refractivity contribution < 1.29 is 13.2 Å². The van der Waals surface area contributed by atoms with Gasteiger partial charge in [-0.15, -0.1) is 0 Å². The number of alkyl halides is 3. The van der Waals surface area contributed by atoms with Crippen molar-refractivity contribution in [1.29, 1.82) is 0 Å². The van der Waals surface area contributed by atoms with Gasteiger partial charge in [-0.3, -0.25) is 0 Å². The predicted octanol–water partition coefficient (Wildman–Crippen LogP) is 4.83. The lowest BCUT2D eigenvalue weighted by molar-refractivity contribution is -0.141. The predicted molar refractivity (Wildman–Crippen MR) is 76.1 cm³/mol. The van der Waals surface area contributed by atoms with Crippen LogP contribution in [0.2, 0.25) is 5.15 Å². The Labute approximate surface area is 130 Å². The van der Waals surface area contributed by atoms with Gasteiger partial charge in [0.05, 0.1) is 6.20 Å². The van der Waals surface area contributed by atoms with E-state index in [0.29, 0.717) is 11.1 Å². The molecule has 0 aliphatic heterocycles. The molecule has 0 unspecified atom stereocenters. The highest BCUT2D eigenvalue weighted by atomic mass is 79.9. The van der Waals surface area contributed by atoms with Gasteiger partial charge in [-0.2, -0.15) is 18.3 Å². The molecular weight excluding hydrogens is 371 g/mol. The Bertz CT molecular complexity index is 829. The standard InChI is InChI=1S/C13H6BrClF3N3/c14-8-3-1-2-7(4-8)9-6-19-21-11(15)5-10(13(16,17)18)20-12(9)21/h1-6H. The molecule has 3 aromatic rings. The van der Waals surface area contributed by atoms with Crippen LogP contribution in [0, 0.1) is 0 Å². The van der Waals surface area contributed by atoms with Gasteiger partial charge in [-0.05, 0) is 17.7 Å². The van der Waals surface area contributed by atoms with Crippen molar-refractivity contribution in [3.63, 3.8) is 0 Å². The Morgan fingerprint density at radius 2 is 1.95 bits per heavy atom. The highest BCUT2D eigenvalue weighted by molar-refractivity contribution is 9.10. The van der Waals surface area contributed by atoms with Gasteiger partial charge in [0.25, 0.3) is 0 Å². The first-order valence-electron chi connectivity index (χ1n) is 5.73. The molecule has 0 atom stereocenters. The van der Waals surface area contributed by atoms with E-state index < -0.39 is 11.9 Å². The van der Waals surface area contributed by atoms with E-state index in [1.54, 1.807) is 18.2 Å². The van der Waals surface area contributed by atoms with Crippen LogP contribution >= 0.6 is 27.5 Å². The second-order valence-electron chi connectivity index (χ2n) is 4.27. The minimum absolute atomic E-state index is 0.0629. The molecule has 3 rings (SSSR count). The number of fused-ring (bicyclic) bond motifs is 1. The van der Waals surface area contributed by atoms with Gasteiger partial charge >= 0.3 is 6.18 Å². The van der Waals surface area contributed by atoms with Crippen molar-refractivity contribution in [2.75, 3.05) is 0 Å². The van der Waals surface area contributed by atoms with Gasteiger partial charge in [-0.25, -0.2) is 9.50 Å². The van der Waals surface area contributed by atoms with Crippen LogP contribution in [0.1, 0.15) is 5.69 Å². The van der Waals surface area contributed by atoms with E-state index in [2.05, 4.69) is 26.0 Å². The summed E-state index contributed by atoms with van der Waals surface area (Å²) in [6, 6.07) is 7.88. The third-order valence-corrected chi connectivity index (χ3v) is 3.62. The molecule has 21 heavy (non-hydrogen) atoms. The number of halogens is 5. The zero-order valence-electron chi connectivity index (χ0n) is 10.2. The Morgan fingerprint density at radius 1 is 1.19 bits per heavy atom. The minimum atomic E-state index is -4.57. The summed E-state index contributed by atoms with van der Waals surface area (Å²) in [7, 11) is 0. The van der Waals surface area contributed by atoms with E-state index in [-0.39, 0.29) is 10.8 Å². The van der Waals surface area contributed by atoms with Gasteiger partial charge in [0, 0.05) is 16.1 Å². The molecule has 0 saturated heterocycles. The van der Waals surface area contributed by atoms with Crippen LogP contribution < -0.4 is 0 Å². The zero-order valence-corrected chi connectivity index (χ0v) is 12.5. The topological polar surface area (TPSA) is 30.2 Å². The summed E-state index contributed by atoms with van der Waals surface area (Å²) in [5, 5.41) is 3.84. The average Bonchev–Trinajstić information content (AvgIpc) is 2.82. The summed E-state index contributed by atoms with van der Waals surface area (Å²) in [5.41, 5.74) is 0.191. The summed E-state index contributed by atoms with van der Waals surface area (Å²) in [6.07, 6.45) is -3.12. The fraction of sp³-hybridized carbons (Fsp3) is 0.0769. The van der Waals surface area contributed by atoms with E-state index in [9.17, 15) is 13.2 Å². The lowest BCUT2D eigenvalue weighted by atomic mass is 10.1. The molecule has 0 bridgehead atoms. The molecule has 1 aromatic carbocycles.